The summed E-state index contributed by atoms with van der Waals surface area (Å²) in [4.78, 5) is 4.31. The summed E-state index contributed by atoms with van der Waals surface area (Å²) in [6.07, 6.45) is 0.263. The van der Waals surface area contributed by atoms with E-state index in [1.807, 2.05) is 24.3 Å². The standard InChI is InChI=1S/C13H16N4O2/c14-5-9-1-3-10(4-2-9)13-16-12(19-17-13)8-18-11-6-15-7-11/h1-4,11,15H,5-8,14H2. The van der Waals surface area contributed by atoms with Crippen molar-refractivity contribution in [3.63, 3.8) is 0 Å². The summed E-state index contributed by atoms with van der Waals surface area (Å²) in [6, 6.07) is 7.80. The first kappa shape index (κ1) is 12.3. The number of hydrogen-bond donors (Lipinski definition) is 2. The summed E-state index contributed by atoms with van der Waals surface area (Å²) >= 11 is 0. The number of nitrogens with two attached hydrogens (primary N) is 1. The largest absolute Gasteiger partial charge is 0.366 e. The average molecular weight is 260 g/mol. The van der Waals surface area contributed by atoms with E-state index in [1.54, 1.807) is 0 Å². The number of ether oxygens (including phenoxy) is 1. The van der Waals surface area contributed by atoms with Crippen molar-refractivity contribution in [1.29, 1.82) is 0 Å². The number of nitrogens with zero attached hydrogens (tertiary/aromatic N) is 2. The quantitative estimate of drug-likeness (QED) is 0.822. The van der Waals surface area contributed by atoms with Crippen LogP contribution in [0.2, 0.25) is 0 Å². The molecule has 6 heteroatoms. The van der Waals surface area contributed by atoms with E-state index in [4.69, 9.17) is 15.0 Å². The molecule has 1 aromatic carbocycles. The maximum absolute atomic E-state index is 5.57. The summed E-state index contributed by atoms with van der Waals surface area (Å²) in [5.41, 5.74) is 7.55. The van der Waals surface area contributed by atoms with E-state index < -0.39 is 0 Å². The second-order valence-electron chi connectivity index (χ2n) is 4.50. The molecule has 0 radical (unpaired) electrons. The van der Waals surface area contributed by atoms with Crippen molar-refractivity contribution >= 4 is 0 Å². The summed E-state index contributed by atoms with van der Waals surface area (Å²) in [5, 5.41) is 7.09. The lowest BCUT2D eigenvalue weighted by Crippen LogP contribution is -2.48. The van der Waals surface area contributed by atoms with Crippen molar-refractivity contribution in [2.45, 2.75) is 19.3 Å². The van der Waals surface area contributed by atoms with Gasteiger partial charge in [-0.25, -0.2) is 0 Å². The Morgan fingerprint density at radius 3 is 2.74 bits per heavy atom. The molecule has 0 unspecified atom stereocenters. The number of nitrogens with one attached hydrogen (secondary N) is 1. The highest BCUT2D eigenvalue weighted by Gasteiger charge is 2.18. The molecule has 1 aliphatic heterocycles. The van der Waals surface area contributed by atoms with Crippen LogP contribution in [0.4, 0.5) is 0 Å². The van der Waals surface area contributed by atoms with Gasteiger partial charge in [-0.2, -0.15) is 4.98 Å². The molecule has 1 aliphatic rings. The van der Waals surface area contributed by atoms with Gasteiger partial charge < -0.3 is 20.3 Å². The van der Waals surface area contributed by atoms with Gasteiger partial charge in [-0.3, -0.25) is 0 Å². The lowest BCUT2D eigenvalue weighted by molar-refractivity contribution is -0.00397. The Bertz CT molecular complexity index is 534. The predicted octanol–water partition coefficient (Wildman–Crippen LogP) is 0.684. The third kappa shape index (κ3) is 2.81. The van der Waals surface area contributed by atoms with E-state index >= 15 is 0 Å². The molecule has 0 saturated carbocycles. The van der Waals surface area contributed by atoms with Crippen LogP contribution in [-0.4, -0.2) is 29.3 Å². The van der Waals surface area contributed by atoms with Crippen molar-refractivity contribution in [1.82, 2.24) is 15.5 Å². The van der Waals surface area contributed by atoms with Gasteiger partial charge in [0.25, 0.3) is 5.89 Å². The minimum Gasteiger partial charge on any atom is -0.366 e. The molecule has 100 valence electrons. The maximum atomic E-state index is 5.57. The smallest absolute Gasteiger partial charge is 0.252 e. The Morgan fingerprint density at radius 1 is 1.32 bits per heavy atom. The first-order chi connectivity index (χ1) is 9.35. The molecule has 0 aliphatic carbocycles. The summed E-state index contributed by atoms with van der Waals surface area (Å²) in [6.45, 7) is 2.67. The minimum atomic E-state index is 0.263. The average Bonchev–Trinajstić information content (AvgIpc) is 2.86. The van der Waals surface area contributed by atoms with E-state index in [2.05, 4.69) is 15.5 Å². The Balaban J connectivity index is 1.65. The van der Waals surface area contributed by atoms with Crippen molar-refractivity contribution in [2.75, 3.05) is 13.1 Å². The van der Waals surface area contributed by atoms with Crippen molar-refractivity contribution in [3.8, 4) is 11.4 Å². The van der Waals surface area contributed by atoms with Gasteiger partial charge in [-0.15, -0.1) is 0 Å². The zero-order chi connectivity index (χ0) is 13.1. The lowest BCUT2D eigenvalue weighted by atomic mass is 10.1. The van der Waals surface area contributed by atoms with Crippen molar-refractivity contribution in [3.05, 3.63) is 35.7 Å². The normalized spacial score (nSPS) is 15.4. The molecule has 19 heavy (non-hydrogen) atoms. The molecule has 2 aromatic rings. The molecular weight excluding hydrogens is 244 g/mol. The van der Waals surface area contributed by atoms with Gasteiger partial charge in [0.05, 0.1) is 6.10 Å². The van der Waals surface area contributed by atoms with Crippen LogP contribution in [0.5, 0.6) is 0 Å². The van der Waals surface area contributed by atoms with Crippen LogP contribution in [-0.2, 0) is 17.9 Å². The molecule has 1 saturated heterocycles. The molecule has 0 atom stereocenters. The molecule has 1 aromatic heterocycles. The Hall–Kier alpha value is -1.76. The van der Waals surface area contributed by atoms with Crippen LogP contribution in [0.1, 0.15) is 11.5 Å². The molecule has 0 bridgehead atoms. The third-order valence-electron chi connectivity index (χ3n) is 3.10. The van der Waals surface area contributed by atoms with Crippen LogP contribution in [0, 0.1) is 0 Å². The molecule has 1 fully saturated rings. The Labute approximate surface area is 110 Å². The van der Waals surface area contributed by atoms with Gasteiger partial charge in [0.1, 0.15) is 6.61 Å². The predicted molar refractivity (Wildman–Crippen MR) is 69.1 cm³/mol. The van der Waals surface area contributed by atoms with Crippen LogP contribution >= 0.6 is 0 Å². The fourth-order valence-corrected chi connectivity index (χ4v) is 1.79. The monoisotopic (exact) mass is 260 g/mol. The number of hydrogen-bond acceptors (Lipinski definition) is 6. The molecule has 0 amide bonds. The highest BCUT2D eigenvalue weighted by Crippen LogP contribution is 2.17. The second kappa shape index (κ2) is 5.48. The van der Waals surface area contributed by atoms with Gasteiger partial charge in [0.15, 0.2) is 0 Å². The number of aromatic nitrogens is 2. The number of rotatable bonds is 5. The van der Waals surface area contributed by atoms with Crippen molar-refractivity contribution < 1.29 is 9.26 Å². The number of benzene rings is 1. The fraction of sp³-hybridized carbons (Fsp3) is 0.385. The SMILES string of the molecule is NCc1ccc(-c2noc(COC3CNC3)n2)cc1. The molecule has 3 rings (SSSR count). The molecule has 2 heterocycles. The van der Waals surface area contributed by atoms with Crippen LogP contribution in [0.3, 0.4) is 0 Å². The summed E-state index contributed by atoms with van der Waals surface area (Å²) in [7, 11) is 0. The fourth-order valence-electron chi connectivity index (χ4n) is 1.79. The Morgan fingerprint density at radius 2 is 2.11 bits per heavy atom. The summed E-state index contributed by atoms with van der Waals surface area (Å²) in [5.74, 6) is 1.08. The molecule has 3 N–H and O–H groups in total. The zero-order valence-electron chi connectivity index (χ0n) is 10.5. The van der Waals surface area contributed by atoms with Crippen molar-refractivity contribution in [2.24, 2.45) is 5.73 Å². The van der Waals surface area contributed by atoms with E-state index in [9.17, 15) is 0 Å². The van der Waals surface area contributed by atoms with Gasteiger partial charge >= 0.3 is 0 Å². The van der Waals surface area contributed by atoms with Crippen LogP contribution < -0.4 is 11.1 Å². The molecule has 0 spiro atoms. The minimum absolute atomic E-state index is 0.263. The van der Waals surface area contributed by atoms with E-state index in [0.29, 0.717) is 24.9 Å². The van der Waals surface area contributed by atoms with E-state index in [-0.39, 0.29) is 6.10 Å². The lowest BCUT2D eigenvalue weighted by Gasteiger charge is -2.26. The third-order valence-corrected chi connectivity index (χ3v) is 3.10. The topological polar surface area (TPSA) is 86.2 Å². The van der Waals surface area contributed by atoms with Crippen LogP contribution in [0.25, 0.3) is 11.4 Å². The highest BCUT2D eigenvalue weighted by molar-refractivity contribution is 5.54. The summed E-state index contributed by atoms with van der Waals surface area (Å²) < 4.78 is 10.7. The Kier molecular flexibility index (Phi) is 3.54. The van der Waals surface area contributed by atoms with Gasteiger partial charge in [0.2, 0.25) is 5.82 Å². The van der Waals surface area contributed by atoms with Gasteiger partial charge in [0, 0.05) is 25.2 Å². The van der Waals surface area contributed by atoms with E-state index in [0.717, 1.165) is 24.2 Å². The highest BCUT2D eigenvalue weighted by atomic mass is 16.5. The molecular formula is C13H16N4O2. The van der Waals surface area contributed by atoms with Gasteiger partial charge in [-0.1, -0.05) is 29.4 Å². The van der Waals surface area contributed by atoms with E-state index in [1.165, 1.54) is 0 Å². The first-order valence-corrected chi connectivity index (χ1v) is 6.29. The molecule has 6 nitrogen and oxygen atoms in total. The second-order valence-corrected chi connectivity index (χ2v) is 4.50. The maximum Gasteiger partial charge on any atom is 0.252 e. The van der Waals surface area contributed by atoms with Crippen LogP contribution in [0.15, 0.2) is 28.8 Å². The zero-order valence-corrected chi connectivity index (χ0v) is 10.5. The first-order valence-electron chi connectivity index (χ1n) is 6.29. The van der Waals surface area contributed by atoms with Gasteiger partial charge in [-0.05, 0) is 5.56 Å².